The minimum absolute atomic E-state index is 0.0675. The highest BCUT2D eigenvalue weighted by atomic mass is 19.1. The van der Waals surface area contributed by atoms with Gasteiger partial charge in [0.2, 0.25) is 0 Å². The molecule has 0 fully saturated rings. The molecule has 100 valence electrons. The summed E-state index contributed by atoms with van der Waals surface area (Å²) >= 11 is 0. The predicted octanol–water partition coefficient (Wildman–Crippen LogP) is 3.56. The Hall–Kier alpha value is -1.71. The number of nitrogens with two attached hydrogens (primary N) is 1. The van der Waals surface area contributed by atoms with E-state index in [0.717, 1.165) is 11.1 Å². The topological polar surface area (TPSA) is 35.2 Å². The van der Waals surface area contributed by atoms with E-state index in [1.54, 1.807) is 12.1 Å². The van der Waals surface area contributed by atoms with Crippen molar-refractivity contribution in [2.75, 3.05) is 0 Å². The van der Waals surface area contributed by atoms with Crippen molar-refractivity contribution in [3.8, 4) is 0 Å². The highest BCUT2D eigenvalue weighted by molar-refractivity contribution is 5.24. The third kappa shape index (κ3) is 3.63. The average molecular weight is 259 g/mol. The van der Waals surface area contributed by atoms with Crippen LogP contribution in [0.3, 0.4) is 0 Å². The SMILES string of the molecule is CC(OCc1cc(CN)ccc1F)c1ccccc1. The van der Waals surface area contributed by atoms with Crippen LogP contribution in [-0.2, 0) is 17.9 Å². The average Bonchev–Trinajstić information content (AvgIpc) is 2.47. The summed E-state index contributed by atoms with van der Waals surface area (Å²) in [6.07, 6.45) is -0.0675. The molecule has 1 atom stereocenters. The molecule has 0 aliphatic carbocycles. The maximum atomic E-state index is 13.6. The quantitative estimate of drug-likeness (QED) is 0.891. The molecule has 0 aromatic heterocycles. The highest BCUT2D eigenvalue weighted by Gasteiger charge is 2.08. The Morgan fingerprint density at radius 1 is 1.16 bits per heavy atom. The zero-order valence-corrected chi connectivity index (χ0v) is 11.0. The molecule has 0 spiro atoms. The van der Waals surface area contributed by atoms with Gasteiger partial charge in [-0.3, -0.25) is 0 Å². The van der Waals surface area contributed by atoms with Crippen LogP contribution in [0.15, 0.2) is 48.5 Å². The first-order valence-electron chi connectivity index (χ1n) is 6.34. The lowest BCUT2D eigenvalue weighted by Crippen LogP contribution is -2.04. The first kappa shape index (κ1) is 13.7. The Bertz CT molecular complexity index is 528. The van der Waals surface area contributed by atoms with Gasteiger partial charge in [-0.15, -0.1) is 0 Å². The van der Waals surface area contributed by atoms with Crippen molar-refractivity contribution in [2.24, 2.45) is 5.73 Å². The fourth-order valence-electron chi connectivity index (χ4n) is 1.90. The van der Waals surface area contributed by atoms with E-state index in [2.05, 4.69) is 0 Å². The lowest BCUT2D eigenvalue weighted by atomic mass is 10.1. The van der Waals surface area contributed by atoms with E-state index in [1.807, 2.05) is 37.3 Å². The van der Waals surface area contributed by atoms with Gasteiger partial charge in [-0.2, -0.15) is 0 Å². The van der Waals surface area contributed by atoms with Crippen molar-refractivity contribution < 1.29 is 9.13 Å². The van der Waals surface area contributed by atoms with Gasteiger partial charge in [0.05, 0.1) is 12.7 Å². The van der Waals surface area contributed by atoms with E-state index in [-0.39, 0.29) is 18.5 Å². The third-order valence-corrected chi connectivity index (χ3v) is 3.10. The van der Waals surface area contributed by atoms with Crippen LogP contribution < -0.4 is 5.73 Å². The first-order chi connectivity index (χ1) is 9.20. The van der Waals surface area contributed by atoms with Crippen LogP contribution in [0.1, 0.15) is 29.7 Å². The molecule has 0 saturated carbocycles. The second kappa shape index (κ2) is 6.45. The minimum atomic E-state index is -0.252. The molecule has 0 aliphatic rings. The molecule has 2 nitrogen and oxygen atoms in total. The zero-order valence-electron chi connectivity index (χ0n) is 11.0. The first-order valence-corrected chi connectivity index (χ1v) is 6.34. The number of hydrogen-bond donors (Lipinski definition) is 1. The highest BCUT2D eigenvalue weighted by Crippen LogP contribution is 2.19. The normalized spacial score (nSPS) is 12.4. The third-order valence-electron chi connectivity index (χ3n) is 3.10. The molecule has 0 bridgehead atoms. The van der Waals surface area contributed by atoms with Crippen LogP contribution in [-0.4, -0.2) is 0 Å². The number of hydrogen-bond acceptors (Lipinski definition) is 2. The standard InChI is InChI=1S/C16H18FNO/c1-12(14-5-3-2-4-6-14)19-11-15-9-13(10-18)7-8-16(15)17/h2-9,12H,10-11,18H2,1H3. The molecule has 0 aliphatic heterocycles. The van der Waals surface area contributed by atoms with Gasteiger partial charge in [-0.05, 0) is 30.2 Å². The summed E-state index contributed by atoms with van der Waals surface area (Å²) in [4.78, 5) is 0. The second-order valence-corrected chi connectivity index (χ2v) is 4.49. The minimum Gasteiger partial charge on any atom is -0.369 e. The van der Waals surface area contributed by atoms with E-state index in [0.29, 0.717) is 12.1 Å². The molecule has 1 unspecified atom stereocenters. The summed E-state index contributed by atoms with van der Waals surface area (Å²) < 4.78 is 19.4. The molecule has 0 amide bonds. The maximum absolute atomic E-state index is 13.6. The van der Waals surface area contributed by atoms with Crippen LogP contribution in [0.5, 0.6) is 0 Å². The number of halogens is 1. The van der Waals surface area contributed by atoms with Crippen LogP contribution in [0.25, 0.3) is 0 Å². The Morgan fingerprint density at radius 2 is 1.89 bits per heavy atom. The Labute approximate surface area is 113 Å². The molecule has 0 heterocycles. The molecule has 2 N–H and O–H groups in total. The molecular formula is C16H18FNO. The maximum Gasteiger partial charge on any atom is 0.128 e. The van der Waals surface area contributed by atoms with E-state index < -0.39 is 0 Å². The molecule has 0 radical (unpaired) electrons. The Morgan fingerprint density at radius 3 is 2.58 bits per heavy atom. The molecule has 19 heavy (non-hydrogen) atoms. The summed E-state index contributed by atoms with van der Waals surface area (Å²) in [5, 5.41) is 0. The fourth-order valence-corrected chi connectivity index (χ4v) is 1.90. The van der Waals surface area contributed by atoms with Gasteiger partial charge in [0.1, 0.15) is 5.82 Å². The van der Waals surface area contributed by atoms with Gasteiger partial charge in [0.25, 0.3) is 0 Å². The molecule has 2 rings (SSSR count). The van der Waals surface area contributed by atoms with Gasteiger partial charge < -0.3 is 10.5 Å². The van der Waals surface area contributed by atoms with Gasteiger partial charge in [-0.1, -0.05) is 36.4 Å². The molecule has 2 aromatic rings. The van der Waals surface area contributed by atoms with E-state index in [9.17, 15) is 4.39 Å². The van der Waals surface area contributed by atoms with E-state index >= 15 is 0 Å². The van der Waals surface area contributed by atoms with E-state index in [4.69, 9.17) is 10.5 Å². The van der Waals surface area contributed by atoms with Gasteiger partial charge in [0, 0.05) is 12.1 Å². The second-order valence-electron chi connectivity index (χ2n) is 4.49. The number of benzene rings is 2. The van der Waals surface area contributed by atoms with Crippen molar-refractivity contribution in [3.05, 3.63) is 71.0 Å². The fraction of sp³-hybridized carbons (Fsp3) is 0.250. The van der Waals surface area contributed by atoms with Crippen molar-refractivity contribution in [2.45, 2.75) is 26.2 Å². The largest absolute Gasteiger partial charge is 0.369 e. The lowest BCUT2D eigenvalue weighted by molar-refractivity contribution is 0.0508. The van der Waals surface area contributed by atoms with Crippen LogP contribution in [0.2, 0.25) is 0 Å². The monoisotopic (exact) mass is 259 g/mol. The lowest BCUT2D eigenvalue weighted by Gasteiger charge is -2.14. The Kier molecular flexibility index (Phi) is 4.66. The molecular weight excluding hydrogens is 241 g/mol. The van der Waals surface area contributed by atoms with Crippen LogP contribution >= 0.6 is 0 Å². The van der Waals surface area contributed by atoms with Gasteiger partial charge in [0.15, 0.2) is 0 Å². The summed E-state index contributed by atoms with van der Waals surface area (Å²) in [5.41, 5.74) is 8.09. The predicted molar refractivity (Wildman–Crippen MR) is 73.9 cm³/mol. The van der Waals surface area contributed by atoms with Crippen molar-refractivity contribution in [1.29, 1.82) is 0 Å². The number of rotatable bonds is 5. The van der Waals surface area contributed by atoms with Gasteiger partial charge in [-0.25, -0.2) is 4.39 Å². The van der Waals surface area contributed by atoms with Crippen LogP contribution in [0.4, 0.5) is 4.39 Å². The van der Waals surface area contributed by atoms with Crippen molar-refractivity contribution >= 4 is 0 Å². The molecule has 3 heteroatoms. The van der Waals surface area contributed by atoms with Gasteiger partial charge >= 0.3 is 0 Å². The van der Waals surface area contributed by atoms with Crippen molar-refractivity contribution in [3.63, 3.8) is 0 Å². The summed E-state index contributed by atoms with van der Waals surface area (Å²) in [6.45, 7) is 2.61. The smallest absolute Gasteiger partial charge is 0.128 e. The zero-order chi connectivity index (χ0) is 13.7. The summed E-state index contributed by atoms with van der Waals surface area (Å²) in [5.74, 6) is -0.252. The van der Waals surface area contributed by atoms with Crippen molar-refractivity contribution in [1.82, 2.24) is 0 Å². The molecule has 0 saturated heterocycles. The van der Waals surface area contributed by atoms with E-state index in [1.165, 1.54) is 6.07 Å². The Balaban J connectivity index is 2.02. The van der Waals surface area contributed by atoms with Crippen LogP contribution in [0, 0.1) is 5.82 Å². The summed E-state index contributed by atoms with van der Waals surface area (Å²) in [6, 6.07) is 14.8. The molecule has 2 aromatic carbocycles. The number of ether oxygens (including phenoxy) is 1. The summed E-state index contributed by atoms with van der Waals surface area (Å²) in [7, 11) is 0.